The number of methoxy groups -OCH3 is 1. The average molecular weight is 523 g/mol. The van der Waals surface area contributed by atoms with E-state index in [9.17, 15) is 4.79 Å². The van der Waals surface area contributed by atoms with Gasteiger partial charge < -0.3 is 15.2 Å². The van der Waals surface area contributed by atoms with E-state index >= 15 is 0 Å². The number of hydrogen-bond donors (Lipinski definition) is 2. The summed E-state index contributed by atoms with van der Waals surface area (Å²) in [6.45, 7) is 3.78. The quantitative estimate of drug-likeness (QED) is 0.242. The van der Waals surface area contributed by atoms with Crippen LogP contribution in [-0.2, 0) is 23.7 Å². The summed E-state index contributed by atoms with van der Waals surface area (Å²) < 4.78 is 28.1. The standard InChI is InChI=1S/C19H31AsN2O6S2/c1-24-18-3-2-16(20-29-12-13-30-20)14-17(18)22-19(23)15-28-11-10-27-9-8-26-7-6-25-5-4-21/h2-3,14H,4-13,15,21H2,1H3,(H,22,23). The monoisotopic (exact) mass is 522 g/mol. The van der Waals surface area contributed by atoms with Gasteiger partial charge >= 0.3 is 148 Å². The van der Waals surface area contributed by atoms with Gasteiger partial charge in [-0.3, -0.25) is 0 Å². The Morgan fingerprint density at radius 3 is 2.20 bits per heavy atom. The zero-order valence-electron chi connectivity index (χ0n) is 17.3. The molecule has 170 valence electrons. The molecule has 1 heterocycles. The van der Waals surface area contributed by atoms with Crippen molar-refractivity contribution in [2.24, 2.45) is 5.73 Å². The van der Waals surface area contributed by atoms with Crippen LogP contribution in [0.1, 0.15) is 0 Å². The molecule has 2 rings (SSSR count). The Morgan fingerprint density at radius 2 is 1.60 bits per heavy atom. The third-order valence-corrected chi connectivity index (χ3v) is 17.5. The third-order valence-electron chi connectivity index (χ3n) is 3.78. The summed E-state index contributed by atoms with van der Waals surface area (Å²) >= 11 is -1.11. The zero-order chi connectivity index (χ0) is 21.4. The zero-order valence-corrected chi connectivity index (χ0v) is 20.8. The molecule has 0 aliphatic carbocycles. The SMILES string of the molecule is COc1ccc([As]2SCCS2)cc1NC(=O)COCCOCCOCCOCCN. The number of carbonyl (C=O) groups excluding carboxylic acids is 1. The maximum absolute atomic E-state index is 12.2. The Labute approximate surface area is 189 Å². The fourth-order valence-electron chi connectivity index (χ4n) is 2.43. The van der Waals surface area contributed by atoms with E-state index in [1.54, 1.807) is 7.11 Å². The molecule has 3 N–H and O–H groups in total. The number of rotatable bonds is 16. The van der Waals surface area contributed by atoms with Crippen LogP contribution in [0, 0.1) is 0 Å². The Kier molecular flexibility index (Phi) is 14.0. The van der Waals surface area contributed by atoms with E-state index in [2.05, 4.69) is 31.4 Å². The third kappa shape index (κ3) is 10.2. The van der Waals surface area contributed by atoms with Gasteiger partial charge in [0.05, 0.1) is 19.8 Å². The number of ether oxygens (including phenoxy) is 5. The van der Waals surface area contributed by atoms with E-state index in [0.29, 0.717) is 64.2 Å². The summed E-state index contributed by atoms with van der Waals surface area (Å²) in [5, 5.41) is 2.90. The van der Waals surface area contributed by atoms with Crippen molar-refractivity contribution in [2.45, 2.75) is 0 Å². The van der Waals surface area contributed by atoms with Gasteiger partial charge in [0.1, 0.15) is 0 Å². The summed E-state index contributed by atoms with van der Waals surface area (Å²) in [7, 11) is 5.73. The van der Waals surface area contributed by atoms with E-state index < -0.39 is 12.3 Å². The van der Waals surface area contributed by atoms with Crippen LogP contribution < -0.4 is 20.1 Å². The van der Waals surface area contributed by atoms with Crippen molar-refractivity contribution < 1.29 is 28.5 Å². The van der Waals surface area contributed by atoms with Gasteiger partial charge in [-0.15, -0.1) is 0 Å². The van der Waals surface area contributed by atoms with Crippen LogP contribution in [0.2, 0.25) is 0 Å². The van der Waals surface area contributed by atoms with Gasteiger partial charge in [-0.05, 0) is 0 Å². The summed E-state index contributed by atoms with van der Waals surface area (Å²) in [4.78, 5) is 12.2. The number of hydrogen-bond acceptors (Lipinski definition) is 9. The van der Waals surface area contributed by atoms with Gasteiger partial charge in [-0.25, -0.2) is 0 Å². The molecule has 0 bridgehead atoms. The molecule has 0 atom stereocenters. The molecule has 1 aromatic rings. The molecule has 0 spiro atoms. The number of amides is 1. The molecular formula is C19H31AsN2O6S2. The van der Waals surface area contributed by atoms with Crippen molar-refractivity contribution in [1.29, 1.82) is 0 Å². The Bertz CT molecular complexity index is 623. The van der Waals surface area contributed by atoms with E-state index in [4.69, 9.17) is 29.4 Å². The first kappa shape index (κ1) is 25.8. The first-order valence-electron chi connectivity index (χ1n) is 9.79. The molecule has 30 heavy (non-hydrogen) atoms. The minimum Gasteiger partial charge on any atom is -0.378 e. The molecular weight excluding hydrogens is 491 g/mol. The van der Waals surface area contributed by atoms with Crippen molar-refractivity contribution in [3.05, 3.63) is 18.2 Å². The second-order valence-electron chi connectivity index (χ2n) is 6.03. The second kappa shape index (κ2) is 16.2. The van der Waals surface area contributed by atoms with Crippen LogP contribution in [0.3, 0.4) is 0 Å². The van der Waals surface area contributed by atoms with Crippen LogP contribution in [0.25, 0.3) is 0 Å². The van der Waals surface area contributed by atoms with Crippen molar-refractivity contribution in [3.8, 4) is 5.75 Å². The smallest absolute Gasteiger partial charge is 0.378 e. The fourth-order valence-corrected chi connectivity index (χ4v) is 16.5. The van der Waals surface area contributed by atoms with Gasteiger partial charge in [0.15, 0.2) is 0 Å². The first-order valence-corrected chi connectivity index (χ1v) is 17.2. The number of nitrogens with two attached hydrogens (primary N) is 1. The van der Waals surface area contributed by atoms with Crippen LogP contribution in [0.15, 0.2) is 18.2 Å². The topological polar surface area (TPSA) is 101 Å². The van der Waals surface area contributed by atoms with Crippen LogP contribution in [-0.4, -0.2) is 96.3 Å². The molecule has 11 heteroatoms. The minimum absolute atomic E-state index is 0.0311. The molecule has 1 aliphatic rings. The Morgan fingerprint density at radius 1 is 1.00 bits per heavy atom. The van der Waals surface area contributed by atoms with Crippen molar-refractivity contribution in [1.82, 2.24) is 0 Å². The molecule has 1 aliphatic heterocycles. The van der Waals surface area contributed by atoms with Crippen molar-refractivity contribution >= 4 is 48.3 Å². The van der Waals surface area contributed by atoms with E-state index in [1.165, 1.54) is 15.9 Å². The number of benzene rings is 1. The molecule has 0 unspecified atom stereocenters. The molecule has 0 aromatic heterocycles. The number of carbonyl (C=O) groups is 1. The molecule has 8 nitrogen and oxygen atoms in total. The summed E-state index contributed by atoms with van der Waals surface area (Å²) in [5.41, 5.74) is 6.02. The summed E-state index contributed by atoms with van der Waals surface area (Å²) in [6, 6.07) is 6.09. The van der Waals surface area contributed by atoms with E-state index in [-0.39, 0.29) is 12.5 Å². The van der Waals surface area contributed by atoms with Gasteiger partial charge in [0, 0.05) is 6.54 Å². The van der Waals surface area contributed by atoms with Gasteiger partial charge in [0.2, 0.25) is 0 Å². The Hall–Kier alpha value is -0.452. The van der Waals surface area contributed by atoms with Gasteiger partial charge in [-0.2, -0.15) is 0 Å². The molecule has 1 fully saturated rings. The van der Waals surface area contributed by atoms with Crippen LogP contribution in [0.5, 0.6) is 5.75 Å². The van der Waals surface area contributed by atoms with Crippen LogP contribution in [0.4, 0.5) is 5.69 Å². The number of nitrogens with one attached hydrogen (secondary N) is 1. The van der Waals surface area contributed by atoms with Gasteiger partial charge in [-0.1, -0.05) is 0 Å². The Balaban J connectivity index is 1.57. The maximum atomic E-state index is 12.2. The summed E-state index contributed by atoms with van der Waals surface area (Å²) in [6.07, 6.45) is 0. The van der Waals surface area contributed by atoms with Crippen molar-refractivity contribution in [3.63, 3.8) is 0 Å². The molecule has 0 radical (unpaired) electrons. The summed E-state index contributed by atoms with van der Waals surface area (Å²) in [5.74, 6) is 2.88. The second-order valence-corrected chi connectivity index (χ2v) is 17.8. The first-order chi connectivity index (χ1) is 14.7. The minimum atomic E-state index is -1.11. The molecule has 1 aromatic carbocycles. The van der Waals surface area contributed by atoms with Crippen LogP contribution >= 0.6 is 20.0 Å². The van der Waals surface area contributed by atoms with E-state index in [1.807, 2.05) is 12.1 Å². The number of anilines is 1. The van der Waals surface area contributed by atoms with Crippen molar-refractivity contribution in [2.75, 3.05) is 83.3 Å². The molecule has 1 saturated heterocycles. The van der Waals surface area contributed by atoms with E-state index in [0.717, 1.165) is 0 Å². The molecule has 1 amide bonds. The molecule has 0 saturated carbocycles. The normalized spacial score (nSPS) is 14.2. The fraction of sp³-hybridized carbons (Fsp3) is 0.632. The average Bonchev–Trinajstić information content (AvgIpc) is 3.29. The van der Waals surface area contributed by atoms with Gasteiger partial charge in [0.25, 0.3) is 0 Å². The predicted octanol–water partition coefficient (Wildman–Crippen LogP) is 0.834. The predicted molar refractivity (Wildman–Crippen MR) is 124 cm³/mol.